The third-order valence-electron chi connectivity index (χ3n) is 3.47. The molecule has 21 heavy (non-hydrogen) atoms. The van der Waals surface area contributed by atoms with E-state index >= 15 is 0 Å². The van der Waals surface area contributed by atoms with E-state index in [1.54, 1.807) is 6.07 Å². The molecule has 0 radical (unpaired) electrons. The van der Waals surface area contributed by atoms with Crippen LogP contribution in [0.1, 0.15) is 22.3 Å². The Kier molecular flexibility index (Phi) is 5.04. The van der Waals surface area contributed by atoms with Crippen LogP contribution in [0, 0.1) is 12.7 Å². The first-order valence-corrected chi connectivity index (χ1v) is 7.19. The molecule has 0 amide bonds. The zero-order chi connectivity index (χ0) is 15.4. The van der Waals surface area contributed by atoms with Gasteiger partial charge in [-0.15, -0.1) is 0 Å². The molecular formula is C17H19FN2S. The van der Waals surface area contributed by atoms with E-state index in [1.165, 1.54) is 23.3 Å². The van der Waals surface area contributed by atoms with Gasteiger partial charge in [-0.1, -0.05) is 36.5 Å². The molecule has 0 aliphatic heterocycles. The van der Waals surface area contributed by atoms with Crippen LogP contribution in [0.4, 0.5) is 4.39 Å². The molecule has 4 heteroatoms. The summed E-state index contributed by atoms with van der Waals surface area (Å²) in [6.07, 6.45) is 0. The molecule has 0 aliphatic carbocycles. The van der Waals surface area contributed by atoms with Crippen LogP contribution in [0.15, 0.2) is 42.5 Å². The molecule has 0 saturated carbocycles. The molecular weight excluding hydrogens is 283 g/mol. The number of hydrogen-bond donors (Lipinski definition) is 1. The lowest BCUT2D eigenvalue weighted by Gasteiger charge is -2.20. The van der Waals surface area contributed by atoms with Crippen molar-refractivity contribution in [2.45, 2.75) is 20.0 Å². The van der Waals surface area contributed by atoms with Crippen molar-refractivity contribution in [2.24, 2.45) is 5.73 Å². The third-order valence-corrected chi connectivity index (χ3v) is 3.69. The van der Waals surface area contributed by atoms with Crippen LogP contribution in [0.3, 0.4) is 0 Å². The van der Waals surface area contributed by atoms with Gasteiger partial charge >= 0.3 is 0 Å². The van der Waals surface area contributed by atoms with E-state index in [0.29, 0.717) is 11.5 Å². The average molecular weight is 302 g/mol. The molecule has 2 N–H and O–H groups in total. The summed E-state index contributed by atoms with van der Waals surface area (Å²) in [5, 5.41) is 0. The minimum absolute atomic E-state index is 0.269. The van der Waals surface area contributed by atoms with Crippen molar-refractivity contribution < 1.29 is 4.39 Å². The van der Waals surface area contributed by atoms with Gasteiger partial charge in [-0.25, -0.2) is 4.39 Å². The minimum Gasteiger partial charge on any atom is -0.389 e. The quantitative estimate of drug-likeness (QED) is 0.858. The molecule has 0 aliphatic rings. The van der Waals surface area contributed by atoms with Crippen LogP contribution < -0.4 is 5.73 Å². The molecule has 0 heterocycles. The van der Waals surface area contributed by atoms with Gasteiger partial charge in [-0.3, -0.25) is 4.90 Å². The maximum absolute atomic E-state index is 13.4. The Bertz CT molecular complexity index is 655. The second-order valence-corrected chi connectivity index (χ2v) is 5.70. The fourth-order valence-electron chi connectivity index (χ4n) is 2.36. The standard InChI is InChI=1S/C17H19FN2S/c1-12-5-3-4-6-13(12)10-20(2)11-14-9-15(18)7-8-16(14)17(19)21/h3-9H,10-11H2,1-2H3,(H2,19,21). The fourth-order valence-corrected chi connectivity index (χ4v) is 2.56. The number of benzene rings is 2. The predicted octanol–water partition coefficient (Wildman–Crippen LogP) is 3.40. The molecule has 0 aromatic heterocycles. The number of halogens is 1. The smallest absolute Gasteiger partial charge is 0.123 e. The summed E-state index contributed by atoms with van der Waals surface area (Å²) in [6.45, 7) is 3.48. The molecule has 0 atom stereocenters. The predicted molar refractivity (Wildman–Crippen MR) is 88.6 cm³/mol. The Morgan fingerprint density at radius 1 is 1.14 bits per heavy atom. The summed E-state index contributed by atoms with van der Waals surface area (Å²) in [5.41, 5.74) is 9.77. The number of nitrogens with zero attached hydrogens (tertiary/aromatic N) is 1. The molecule has 0 unspecified atom stereocenters. The summed E-state index contributed by atoms with van der Waals surface area (Å²) in [4.78, 5) is 2.42. The normalized spacial score (nSPS) is 10.9. The second kappa shape index (κ2) is 6.78. The average Bonchev–Trinajstić information content (AvgIpc) is 2.41. The Hall–Kier alpha value is -1.78. The molecule has 2 aromatic carbocycles. The van der Waals surface area contributed by atoms with Crippen LogP contribution in [-0.2, 0) is 13.1 Å². The van der Waals surface area contributed by atoms with Gasteiger partial charge < -0.3 is 5.73 Å². The molecule has 2 rings (SSSR count). The van der Waals surface area contributed by atoms with E-state index in [4.69, 9.17) is 18.0 Å². The van der Waals surface area contributed by atoms with Crippen LogP contribution >= 0.6 is 12.2 Å². The van der Waals surface area contributed by atoms with Crippen LogP contribution in [0.2, 0.25) is 0 Å². The molecule has 0 spiro atoms. The number of thiocarbonyl (C=S) groups is 1. The van der Waals surface area contributed by atoms with E-state index in [1.807, 2.05) is 19.2 Å². The topological polar surface area (TPSA) is 29.3 Å². The number of rotatable bonds is 5. The van der Waals surface area contributed by atoms with Gasteiger partial charge in [0, 0.05) is 18.7 Å². The van der Waals surface area contributed by atoms with Gasteiger partial charge in [0.25, 0.3) is 0 Å². The van der Waals surface area contributed by atoms with Gasteiger partial charge in [-0.05, 0) is 48.9 Å². The maximum atomic E-state index is 13.4. The SMILES string of the molecule is Cc1ccccc1CN(C)Cc1cc(F)ccc1C(N)=S. The van der Waals surface area contributed by atoms with Crippen LogP contribution in [0.5, 0.6) is 0 Å². The summed E-state index contributed by atoms with van der Waals surface area (Å²) in [6, 6.07) is 12.8. The van der Waals surface area contributed by atoms with Gasteiger partial charge in [0.1, 0.15) is 10.8 Å². The number of aryl methyl sites for hydroxylation is 1. The molecule has 0 bridgehead atoms. The molecule has 2 nitrogen and oxygen atoms in total. The van der Waals surface area contributed by atoms with Crippen LogP contribution in [0.25, 0.3) is 0 Å². The van der Waals surface area contributed by atoms with E-state index in [2.05, 4.69) is 24.0 Å². The van der Waals surface area contributed by atoms with Gasteiger partial charge in [0.05, 0.1) is 0 Å². The first kappa shape index (κ1) is 15.6. The van der Waals surface area contributed by atoms with Crippen molar-refractivity contribution in [3.63, 3.8) is 0 Å². The van der Waals surface area contributed by atoms with E-state index in [0.717, 1.165) is 17.7 Å². The minimum atomic E-state index is -0.269. The lowest BCUT2D eigenvalue weighted by molar-refractivity contribution is 0.318. The van der Waals surface area contributed by atoms with Crippen molar-refractivity contribution in [1.82, 2.24) is 4.90 Å². The molecule has 110 valence electrons. The van der Waals surface area contributed by atoms with Gasteiger partial charge in [-0.2, -0.15) is 0 Å². The van der Waals surface area contributed by atoms with Gasteiger partial charge in [0.15, 0.2) is 0 Å². The Labute approximate surface area is 130 Å². The van der Waals surface area contributed by atoms with Crippen LogP contribution in [-0.4, -0.2) is 16.9 Å². The number of hydrogen-bond acceptors (Lipinski definition) is 2. The highest BCUT2D eigenvalue weighted by Crippen LogP contribution is 2.16. The summed E-state index contributed by atoms with van der Waals surface area (Å²) in [5.74, 6) is -0.269. The third kappa shape index (κ3) is 4.09. The number of nitrogens with two attached hydrogens (primary N) is 1. The Morgan fingerprint density at radius 3 is 2.48 bits per heavy atom. The summed E-state index contributed by atoms with van der Waals surface area (Å²) < 4.78 is 13.4. The summed E-state index contributed by atoms with van der Waals surface area (Å²) in [7, 11) is 2.00. The maximum Gasteiger partial charge on any atom is 0.123 e. The Morgan fingerprint density at radius 2 is 1.81 bits per heavy atom. The lowest BCUT2D eigenvalue weighted by Crippen LogP contribution is -2.21. The molecule has 0 saturated heterocycles. The Balaban J connectivity index is 2.16. The van der Waals surface area contributed by atoms with Crippen molar-refractivity contribution in [3.8, 4) is 0 Å². The first-order valence-electron chi connectivity index (χ1n) is 6.78. The monoisotopic (exact) mass is 302 g/mol. The van der Waals surface area contributed by atoms with E-state index in [9.17, 15) is 4.39 Å². The van der Waals surface area contributed by atoms with Gasteiger partial charge in [0.2, 0.25) is 0 Å². The highest BCUT2D eigenvalue weighted by Gasteiger charge is 2.10. The zero-order valence-electron chi connectivity index (χ0n) is 12.3. The van der Waals surface area contributed by atoms with Crippen molar-refractivity contribution in [2.75, 3.05) is 7.05 Å². The lowest BCUT2D eigenvalue weighted by atomic mass is 10.1. The fraction of sp³-hybridized carbons (Fsp3) is 0.235. The van der Waals surface area contributed by atoms with Crippen molar-refractivity contribution in [3.05, 3.63) is 70.5 Å². The van der Waals surface area contributed by atoms with Crippen molar-refractivity contribution in [1.29, 1.82) is 0 Å². The molecule has 0 fully saturated rings. The highest BCUT2D eigenvalue weighted by molar-refractivity contribution is 7.80. The second-order valence-electron chi connectivity index (χ2n) is 5.26. The molecule has 2 aromatic rings. The zero-order valence-corrected chi connectivity index (χ0v) is 13.1. The van der Waals surface area contributed by atoms with E-state index in [-0.39, 0.29) is 5.82 Å². The van der Waals surface area contributed by atoms with Crippen molar-refractivity contribution >= 4 is 17.2 Å². The highest BCUT2D eigenvalue weighted by atomic mass is 32.1. The first-order chi connectivity index (χ1) is 9.97. The summed E-state index contributed by atoms with van der Waals surface area (Å²) >= 11 is 5.03. The largest absolute Gasteiger partial charge is 0.389 e. The van der Waals surface area contributed by atoms with E-state index < -0.39 is 0 Å².